The molecule has 292 valence electrons. The Morgan fingerprint density at radius 3 is 1.75 bits per heavy atom. The summed E-state index contributed by atoms with van der Waals surface area (Å²) in [4.78, 5) is 10.2. The van der Waals surface area contributed by atoms with Crippen LogP contribution >= 0.6 is 11.3 Å². The highest BCUT2D eigenvalue weighted by Gasteiger charge is 2.29. The van der Waals surface area contributed by atoms with Crippen LogP contribution in [0.4, 0.5) is 0 Å². The monoisotopic (exact) mass is 804 g/mol. The van der Waals surface area contributed by atoms with Gasteiger partial charge < -0.3 is 16.0 Å². The molecular weight excluding hydrogens is 763 g/mol. The second kappa shape index (κ2) is 16.0. The van der Waals surface area contributed by atoms with Gasteiger partial charge in [-0.1, -0.05) is 194 Å². The molecular formula is C55H42N5S+. The third-order valence-corrected chi connectivity index (χ3v) is 13.0. The van der Waals surface area contributed by atoms with Gasteiger partial charge in [0.2, 0.25) is 0 Å². The first kappa shape index (κ1) is 36.7. The first-order valence-corrected chi connectivity index (χ1v) is 21.7. The van der Waals surface area contributed by atoms with Crippen molar-refractivity contribution in [1.29, 1.82) is 0 Å². The van der Waals surface area contributed by atoms with E-state index in [2.05, 4.69) is 192 Å². The number of thiophene rings is 1. The minimum absolute atomic E-state index is 0.00232. The highest BCUT2D eigenvalue weighted by molar-refractivity contribution is 7.26. The van der Waals surface area contributed by atoms with Gasteiger partial charge >= 0.3 is 0 Å². The minimum Gasteiger partial charge on any atom is -0.332 e. The molecule has 0 bridgehead atoms. The van der Waals surface area contributed by atoms with Crippen LogP contribution in [0.5, 0.6) is 0 Å². The summed E-state index contributed by atoms with van der Waals surface area (Å²) < 4.78 is 2.58. The van der Waals surface area contributed by atoms with Gasteiger partial charge in [0, 0.05) is 59.8 Å². The van der Waals surface area contributed by atoms with E-state index in [1.165, 1.54) is 53.6 Å². The lowest BCUT2D eigenvalue weighted by molar-refractivity contribution is -0.731. The first-order valence-electron chi connectivity index (χ1n) is 20.8. The van der Waals surface area contributed by atoms with E-state index in [9.17, 15) is 0 Å². The number of amidine groups is 2. The van der Waals surface area contributed by atoms with Gasteiger partial charge in [-0.2, -0.15) is 0 Å². The van der Waals surface area contributed by atoms with Crippen LogP contribution in [0.1, 0.15) is 51.8 Å². The van der Waals surface area contributed by atoms with Gasteiger partial charge in [-0.15, -0.1) is 11.3 Å². The molecule has 0 fully saturated rings. The zero-order valence-corrected chi connectivity index (χ0v) is 34.1. The molecule has 0 spiro atoms. The summed E-state index contributed by atoms with van der Waals surface area (Å²) in [6.07, 6.45) is 2.01. The van der Waals surface area contributed by atoms with E-state index in [0.717, 1.165) is 39.6 Å². The fraction of sp³-hybridized carbons (Fsp3) is 0.0545. The normalized spacial score (nSPS) is 17.5. The van der Waals surface area contributed by atoms with Crippen LogP contribution in [-0.4, -0.2) is 11.7 Å². The van der Waals surface area contributed by atoms with Crippen LogP contribution in [0.25, 0.3) is 48.1 Å². The molecule has 0 saturated heterocycles. The van der Waals surface area contributed by atoms with Gasteiger partial charge in [-0.3, -0.25) is 0 Å². The lowest BCUT2D eigenvalue weighted by atomic mass is 9.91. The minimum atomic E-state index is -0.347. The van der Waals surface area contributed by atoms with Crippen molar-refractivity contribution in [1.82, 2.24) is 10.6 Å². The predicted molar refractivity (Wildman–Crippen MR) is 253 cm³/mol. The number of aliphatic imine (C=N–C) groups is 2. The average molecular weight is 805 g/mol. The third-order valence-electron chi connectivity index (χ3n) is 11.8. The van der Waals surface area contributed by atoms with Crippen molar-refractivity contribution in [3.05, 3.63) is 246 Å². The molecule has 3 atom stereocenters. The van der Waals surface area contributed by atoms with E-state index < -0.39 is 0 Å². The zero-order chi connectivity index (χ0) is 40.5. The van der Waals surface area contributed by atoms with Crippen molar-refractivity contribution in [2.24, 2.45) is 9.98 Å². The second-order valence-corrected chi connectivity index (χ2v) is 16.6. The number of nitrogens with one attached hydrogen (secondary N) is 2. The van der Waals surface area contributed by atoms with E-state index in [1.807, 2.05) is 47.7 Å². The van der Waals surface area contributed by atoms with E-state index in [4.69, 9.17) is 9.98 Å². The Balaban J connectivity index is 0.993. The largest absolute Gasteiger partial charge is 0.332 e. The van der Waals surface area contributed by atoms with E-state index in [0.29, 0.717) is 0 Å². The molecule has 11 rings (SSSR count). The predicted octanol–water partition coefficient (Wildman–Crippen LogP) is 11.8. The number of benzene rings is 8. The Kier molecular flexibility index (Phi) is 9.62. The molecule has 0 saturated carbocycles. The number of fused-ring (bicyclic) bond motifs is 3. The summed E-state index contributed by atoms with van der Waals surface area (Å²) in [6.45, 7) is 0. The molecule has 2 aliphatic rings. The van der Waals surface area contributed by atoms with Crippen molar-refractivity contribution < 1.29 is 5.32 Å². The molecule has 0 radical (unpaired) electrons. The van der Waals surface area contributed by atoms with Crippen molar-refractivity contribution in [3.63, 3.8) is 0 Å². The summed E-state index contributed by atoms with van der Waals surface area (Å²) in [5.41, 5.74) is 12.7. The fourth-order valence-corrected chi connectivity index (χ4v) is 9.98. The number of nitrogens with zero attached hydrogens (tertiary/aromatic N) is 2. The number of nitrogens with two attached hydrogens (primary N) is 1. The molecule has 61 heavy (non-hydrogen) atoms. The maximum Gasteiger partial charge on any atom is 0.186 e. The quantitative estimate of drug-likeness (QED) is 0.143. The van der Waals surface area contributed by atoms with Gasteiger partial charge in [0.05, 0.1) is 0 Å². The Hall–Kier alpha value is -7.38. The van der Waals surface area contributed by atoms with Gasteiger partial charge in [-0.25, -0.2) is 9.98 Å². The van der Waals surface area contributed by atoms with E-state index in [-0.39, 0.29) is 18.4 Å². The lowest BCUT2D eigenvalue weighted by Crippen LogP contribution is -2.89. The van der Waals surface area contributed by atoms with Crippen LogP contribution in [0.3, 0.4) is 0 Å². The van der Waals surface area contributed by atoms with Crippen LogP contribution in [0, 0.1) is 0 Å². The molecule has 3 unspecified atom stereocenters. The number of hydrogen-bond acceptors (Lipinski definition) is 5. The highest BCUT2D eigenvalue weighted by Crippen LogP contribution is 2.45. The van der Waals surface area contributed by atoms with E-state index >= 15 is 0 Å². The van der Waals surface area contributed by atoms with Gasteiger partial charge in [0.25, 0.3) is 0 Å². The molecule has 3 heterocycles. The molecule has 4 N–H and O–H groups in total. The smallest absolute Gasteiger partial charge is 0.186 e. The molecule has 1 aromatic heterocycles. The van der Waals surface area contributed by atoms with Crippen molar-refractivity contribution in [2.75, 3.05) is 0 Å². The summed E-state index contributed by atoms with van der Waals surface area (Å²) in [5, 5.41) is 12.5. The number of hydrogen-bond donors (Lipinski definition) is 3. The summed E-state index contributed by atoms with van der Waals surface area (Å²) >= 11 is 1.88. The topological polar surface area (TPSA) is 65.4 Å². The number of rotatable bonds is 8. The van der Waals surface area contributed by atoms with Crippen molar-refractivity contribution in [2.45, 2.75) is 18.4 Å². The third kappa shape index (κ3) is 7.22. The summed E-state index contributed by atoms with van der Waals surface area (Å²) in [7, 11) is 0. The molecule has 0 aliphatic carbocycles. The Labute approximate surface area is 359 Å². The molecule has 8 aromatic carbocycles. The maximum absolute atomic E-state index is 5.14. The fourth-order valence-electron chi connectivity index (χ4n) is 8.71. The van der Waals surface area contributed by atoms with Crippen LogP contribution in [0.2, 0.25) is 0 Å². The first-order chi connectivity index (χ1) is 30.2. The van der Waals surface area contributed by atoms with Gasteiger partial charge in [0.1, 0.15) is 17.7 Å². The SMILES string of the molecule is C1=C(c2ccccc2)NC(c2cccc(-c3c(-c4ccc(C5=NC(c6ccccc6)N=C(c6ccccc6)N5)cc4)ccc4c3sc3ccccc34)c2)[NH2+]C1c1ccccc1. The average Bonchev–Trinajstić information content (AvgIpc) is 3.73. The molecule has 0 amide bonds. The molecule has 9 aromatic rings. The van der Waals surface area contributed by atoms with Gasteiger partial charge in [-0.05, 0) is 39.9 Å². The molecule has 2 aliphatic heterocycles. The summed E-state index contributed by atoms with van der Waals surface area (Å²) in [6, 6.07) is 73.7. The summed E-state index contributed by atoms with van der Waals surface area (Å²) in [5.74, 6) is 1.61. The van der Waals surface area contributed by atoms with Crippen LogP contribution in [0.15, 0.2) is 222 Å². The Morgan fingerprint density at radius 2 is 1.03 bits per heavy atom. The van der Waals surface area contributed by atoms with Crippen LogP contribution < -0.4 is 16.0 Å². The van der Waals surface area contributed by atoms with Crippen molar-refractivity contribution >= 4 is 48.9 Å². The number of quaternary nitrogens is 1. The lowest BCUT2D eigenvalue weighted by Gasteiger charge is -2.30. The Morgan fingerprint density at radius 1 is 0.459 bits per heavy atom. The zero-order valence-electron chi connectivity index (χ0n) is 33.3. The van der Waals surface area contributed by atoms with Crippen molar-refractivity contribution in [3.8, 4) is 22.3 Å². The maximum atomic E-state index is 5.14. The molecule has 5 nitrogen and oxygen atoms in total. The molecule has 6 heteroatoms. The van der Waals surface area contributed by atoms with Gasteiger partial charge in [0.15, 0.2) is 12.3 Å². The standard InChI is InChI=1S/C55H41N5S/c1-5-16-37(17-6-1)47-35-48(38-18-7-2-8-19-38)57-55(56-47)43-25-15-24-42(34-43)50-44(32-33-46-45-26-13-14-27-49(45)61-51(46)50)36-28-30-41(31-29-36)54-59-52(39-20-9-3-10-21-39)58-53(60-54)40-22-11-4-12-23-40/h1-35,47,52,55-57H,(H,58,59,60)/p+1. The highest BCUT2D eigenvalue weighted by atomic mass is 32.1. The Bertz CT molecular complexity index is 3100. The second-order valence-electron chi connectivity index (χ2n) is 15.6. The van der Waals surface area contributed by atoms with Crippen LogP contribution in [-0.2, 0) is 0 Å². The van der Waals surface area contributed by atoms with E-state index in [1.54, 1.807) is 0 Å².